The molecule has 29 heavy (non-hydrogen) atoms. The number of allylic oxidation sites excluding steroid dienone is 1. The minimum atomic E-state index is -0.336. The molecule has 1 aromatic carbocycles. The second kappa shape index (κ2) is 9.03. The standard InChI is InChI=1S/C22H29N3O3S/c1-13(2)20(26)24-17-9-6-8-16(12-17)19-18(21(27)28-14(3)4)15(5)23-22-25(19)10-7-11-29-22/h6,8-9,12-14,19H,7,10-11H2,1-5H3,(H,24,26)/t19-/m0/s1. The minimum Gasteiger partial charge on any atom is -0.459 e. The molecule has 1 aromatic rings. The van der Waals surface area contributed by atoms with Gasteiger partial charge < -0.3 is 15.0 Å². The van der Waals surface area contributed by atoms with Crippen molar-refractivity contribution >= 4 is 34.5 Å². The predicted octanol–water partition coefficient (Wildman–Crippen LogP) is 4.36. The van der Waals surface area contributed by atoms with Gasteiger partial charge in [-0.05, 0) is 44.9 Å². The number of carbonyl (C=O) groups is 2. The lowest BCUT2D eigenvalue weighted by atomic mass is 9.94. The van der Waals surface area contributed by atoms with E-state index < -0.39 is 0 Å². The lowest BCUT2D eigenvalue weighted by molar-refractivity contribution is -0.143. The fourth-order valence-corrected chi connectivity index (χ4v) is 4.45. The Hall–Kier alpha value is -2.28. The van der Waals surface area contributed by atoms with Crippen LogP contribution in [0.3, 0.4) is 0 Å². The molecule has 6 nitrogen and oxygen atoms in total. The minimum absolute atomic E-state index is 0.0345. The third-order valence-corrected chi connectivity index (χ3v) is 5.89. The third-order valence-electron chi connectivity index (χ3n) is 4.82. The molecule has 1 amide bonds. The van der Waals surface area contributed by atoms with E-state index >= 15 is 0 Å². The number of hydrogen-bond donors (Lipinski definition) is 1. The fraction of sp³-hybridized carbons (Fsp3) is 0.500. The van der Waals surface area contributed by atoms with Crippen molar-refractivity contribution in [3.05, 3.63) is 41.1 Å². The molecule has 0 aliphatic carbocycles. The highest BCUT2D eigenvalue weighted by Gasteiger charge is 2.38. The van der Waals surface area contributed by atoms with Gasteiger partial charge in [0.1, 0.15) is 0 Å². The highest BCUT2D eigenvalue weighted by molar-refractivity contribution is 8.13. The molecule has 2 heterocycles. The summed E-state index contributed by atoms with van der Waals surface area (Å²) in [7, 11) is 0. The zero-order chi connectivity index (χ0) is 21.1. The molecular formula is C22H29N3O3S. The molecule has 7 heteroatoms. The van der Waals surface area contributed by atoms with Crippen LogP contribution in [0.5, 0.6) is 0 Å². The molecule has 2 aliphatic heterocycles. The van der Waals surface area contributed by atoms with Crippen molar-refractivity contribution in [2.75, 3.05) is 17.6 Å². The van der Waals surface area contributed by atoms with Crippen molar-refractivity contribution in [1.29, 1.82) is 0 Å². The average molecular weight is 416 g/mol. The van der Waals surface area contributed by atoms with E-state index in [1.807, 2.05) is 58.9 Å². The third kappa shape index (κ3) is 4.83. The number of amidine groups is 1. The van der Waals surface area contributed by atoms with E-state index in [1.54, 1.807) is 11.8 Å². The van der Waals surface area contributed by atoms with Gasteiger partial charge in [-0.15, -0.1) is 0 Å². The number of amides is 1. The summed E-state index contributed by atoms with van der Waals surface area (Å²) in [5, 5.41) is 3.90. The molecule has 1 fully saturated rings. The number of anilines is 1. The first-order chi connectivity index (χ1) is 13.8. The Morgan fingerprint density at radius 3 is 2.72 bits per heavy atom. The van der Waals surface area contributed by atoms with Gasteiger partial charge in [0.15, 0.2) is 5.17 Å². The summed E-state index contributed by atoms with van der Waals surface area (Å²) in [6.45, 7) is 10.1. The number of thioether (sulfide) groups is 1. The van der Waals surface area contributed by atoms with Crippen molar-refractivity contribution in [3.8, 4) is 0 Å². The van der Waals surface area contributed by atoms with Crippen molar-refractivity contribution in [2.24, 2.45) is 10.9 Å². The van der Waals surface area contributed by atoms with E-state index in [-0.39, 0.29) is 29.9 Å². The first kappa shape index (κ1) is 21.4. The van der Waals surface area contributed by atoms with Gasteiger partial charge in [-0.25, -0.2) is 9.79 Å². The van der Waals surface area contributed by atoms with Crippen LogP contribution in [0.4, 0.5) is 5.69 Å². The lowest BCUT2D eigenvalue weighted by Gasteiger charge is -2.40. The molecule has 0 bridgehead atoms. The molecule has 1 saturated heterocycles. The number of rotatable bonds is 5. The van der Waals surface area contributed by atoms with Crippen LogP contribution in [-0.4, -0.2) is 40.3 Å². The number of nitrogens with one attached hydrogen (secondary N) is 1. The Balaban J connectivity index is 2.02. The van der Waals surface area contributed by atoms with E-state index in [0.717, 1.165) is 35.1 Å². The predicted molar refractivity (Wildman–Crippen MR) is 118 cm³/mol. The number of ether oxygens (including phenoxy) is 1. The molecule has 3 rings (SSSR count). The summed E-state index contributed by atoms with van der Waals surface area (Å²) >= 11 is 1.72. The SMILES string of the molecule is CC1=C(C(=O)OC(C)C)[C@H](c2cccc(NC(=O)C(C)C)c2)N2CCCSC2=N1. The monoisotopic (exact) mass is 415 g/mol. The largest absolute Gasteiger partial charge is 0.459 e. The van der Waals surface area contributed by atoms with Crippen molar-refractivity contribution in [1.82, 2.24) is 4.90 Å². The molecule has 1 atom stereocenters. The molecule has 0 radical (unpaired) electrons. The summed E-state index contributed by atoms with van der Waals surface area (Å²) in [5.41, 5.74) is 2.93. The number of fused-ring (bicyclic) bond motifs is 1. The summed E-state index contributed by atoms with van der Waals surface area (Å²) in [5.74, 6) is 0.542. The van der Waals surface area contributed by atoms with Gasteiger partial charge in [-0.3, -0.25) is 4.79 Å². The lowest BCUT2D eigenvalue weighted by Crippen LogP contribution is -2.42. The Labute approximate surface area is 176 Å². The maximum absolute atomic E-state index is 13.0. The zero-order valence-corrected chi connectivity index (χ0v) is 18.5. The van der Waals surface area contributed by atoms with Crippen molar-refractivity contribution in [2.45, 2.75) is 53.2 Å². The maximum Gasteiger partial charge on any atom is 0.338 e. The molecular weight excluding hydrogens is 386 g/mol. The summed E-state index contributed by atoms with van der Waals surface area (Å²) in [6, 6.07) is 7.44. The summed E-state index contributed by atoms with van der Waals surface area (Å²) < 4.78 is 5.55. The summed E-state index contributed by atoms with van der Waals surface area (Å²) in [4.78, 5) is 32.0. The Bertz CT molecular complexity index is 861. The van der Waals surface area contributed by atoms with Gasteiger partial charge in [0, 0.05) is 23.9 Å². The van der Waals surface area contributed by atoms with Gasteiger partial charge in [0.2, 0.25) is 5.91 Å². The number of aliphatic imine (C=N–C) groups is 1. The van der Waals surface area contributed by atoms with E-state index in [2.05, 4.69) is 10.2 Å². The second-order valence-electron chi connectivity index (χ2n) is 7.91. The topological polar surface area (TPSA) is 71.0 Å². The van der Waals surface area contributed by atoms with Gasteiger partial charge >= 0.3 is 5.97 Å². The highest BCUT2D eigenvalue weighted by Crippen LogP contribution is 2.40. The second-order valence-corrected chi connectivity index (χ2v) is 8.98. The van der Waals surface area contributed by atoms with E-state index in [4.69, 9.17) is 9.73 Å². The first-order valence-corrected chi connectivity index (χ1v) is 11.1. The van der Waals surface area contributed by atoms with E-state index in [9.17, 15) is 9.59 Å². The van der Waals surface area contributed by atoms with E-state index in [0.29, 0.717) is 11.3 Å². The van der Waals surface area contributed by atoms with Gasteiger partial charge in [0.25, 0.3) is 0 Å². The van der Waals surface area contributed by atoms with Crippen LogP contribution in [-0.2, 0) is 14.3 Å². The summed E-state index contributed by atoms with van der Waals surface area (Å²) in [6.07, 6.45) is 0.816. The Kier molecular flexibility index (Phi) is 6.67. The van der Waals surface area contributed by atoms with Crippen molar-refractivity contribution < 1.29 is 14.3 Å². The molecule has 0 aromatic heterocycles. The maximum atomic E-state index is 13.0. The molecule has 156 valence electrons. The number of benzene rings is 1. The molecule has 0 saturated carbocycles. The Morgan fingerprint density at radius 2 is 2.03 bits per heavy atom. The molecule has 0 unspecified atom stereocenters. The van der Waals surface area contributed by atoms with Crippen molar-refractivity contribution in [3.63, 3.8) is 0 Å². The quantitative estimate of drug-likeness (QED) is 0.724. The van der Waals surface area contributed by atoms with Crippen LogP contribution in [0.25, 0.3) is 0 Å². The smallest absolute Gasteiger partial charge is 0.338 e. The number of hydrogen-bond acceptors (Lipinski definition) is 6. The highest BCUT2D eigenvalue weighted by atomic mass is 32.2. The average Bonchev–Trinajstić information content (AvgIpc) is 2.66. The van der Waals surface area contributed by atoms with Crippen LogP contribution in [0.1, 0.15) is 52.6 Å². The fourth-order valence-electron chi connectivity index (χ4n) is 3.43. The van der Waals surface area contributed by atoms with Crippen LogP contribution in [0.15, 0.2) is 40.5 Å². The first-order valence-electron chi connectivity index (χ1n) is 10.1. The number of nitrogens with zero attached hydrogens (tertiary/aromatic N) is 2. The number of carbonyl (C=O) groups excluding carboxylic acids is 2. The molecule has 1 N–H and O–H groups in total. The van der Waals surface area contributed by atoms with Crippen LogP contribution in [0, 0.1) is 5.92 Å². The van der Waals surface area contributed by atoms with Gasteiger partial charge in [0.05, 0.1) is 23.4 Å². The number of esters is 1. The van der Waals surface area contributed by atoms with Crippen LogP contribution in [0.2, 0.25) is 0 Å². The van der Waals surface area contributed by atoms with E-state index in [1.165, 1.54) is 0 Å². The van der Waals surface area contributed by atoms with Gasteiger partial charge in [-0.2, -0.15) is 0 Å². The van der Waals surface area contributed by atoms with Crippen LogP contribution < -0.4 is 5.32 Å². The Morgan fingerprint density at radius 1 is 1.28 bits per heavy atom. The van der Waals surface area contributed by atoms with Crippen LogP contribution >= 0.6 is 11.8 Å². The normalized spacial score (nSPS) is 19.2. The molecule has 2 aliphatic rings. The molecule has 0 spiro atoms. The van der Waals surface area contributed by atoms with Gasteiger partial charge in [-0.1, -0.05) is 37.7 Å². The zero-order valence-electron chi connectivity index (χ0n) is 17.7.